The van der Waals surface area contributed by atoms with Crippen LogP contribution in [0.2, 0.25) is 5.02 Å². The summed E-state index contributed by atoms with van der Waals surface area (Å²) in [5, 5.41) is 6.37. The minimum Gasteiger partial charge on any atom is -0.482 e. The lowest BCUT2D eigenvalue weighted by molar-refractivity contribution is -0.123. The second-order valence-electron chi connectivity index (χ2n) is 4.25. The molecule has 0 saturated heterocycles. The van der Waals surface area contributed by atoms with E-state index in [9.17, 15) is 4.79 Å². The van der Waals surface area contributed by atoms with Crippen LogP contribution in [0.4, 0.5) is 0 Å². The molecule has 2 N–H and O–H groups in total. The summed E-state index contributed by atoms with van der Waals surface area (Å²) in [6.45, 7) is 3.40. The largest absolute Gasteiger partial charge is 0.482 e. The lowest BCUT2D eigenvalue weighted by atomic mass is 10.2. The first-order chi connectivity index (χ1) is 9.19. The molecule has 4 nitrogen and oxygen atoms in total. The molecule has 1 aromatic rings. The number of hydrogen-bond donors (Lipinski definition) is 2. The standard InChI is InChI=1S/C14H21ClN2O2/c1-3-4-8-17-13(18)10-19-14-11(9-16-2)6-5-7-12(14)15/h5-7,16H,3-4,8-10H2,1-2H3,(H,17,18). The Morgan fingerprint density at radius 1 is 1.42 bits per heavy atom. The number of nitrogens with one attached hydrogen (secondary N) is 2. The van der Waals surface area contributed by atoms with E-state index in [1.165, 1.54) is 0 Å². The highest BCUT2D eigenvalue weighted by molar-refractivity contribution is 6.32. The molecule has 0 aliphatic heterocycles. The molecule has 0 aromatic heterocycles. The van der Waals surface area contributed by atoms with Crippen LogP contribution in [0.15, 0.2) is 18.2 Å². The van der Waals surface area contributed by atoms with Gasteiger partial charge < -0.3 is 15.4 Å². The van der Waals surface area contributed by atoms with Gasteiger partial charge >= 0.3 is 0 Å². The van der Waals surface area contributed by atoms with Crippen LogP contribution in [-0.4, -0.2) is 26.1 Å². The molecule has 0 fully saturated rings. The van der Waals surface area contributed by atoms with Gasteiger partial charge in [-0.2, -0.15) is 0 Å². The molecule has 0 atom stereocenters. The lowest BCUT2D eigenvalue weighted by Gasteiger charge is -2.13. The third kappa shape index (κ3) is 5.49. The monoisotopic (exact) mass is 284 g/mol. The minimum atomic E-state index is -0.122. The van der Waals surface area contributed by atoms with Gasteiger partial charge in [0, 0.05) is 18.7 Å². The first kappa shape index (κ1) is 15.8. The summed E-state index contributed by atoms with van der Waals surface area (Å²) in [7, 11) is 1.85. The van der Waals surface area contributed by atoms with Gasteiger partial charge in [0.25, 0.3) is 5.91 Å². The zero-order valence-corrected chi connectivity index (χ0v) is 12.2. The summed E-state index contributed by atoms with van der Waals surface area (Å²) in [4.78, 5) is 11.6. The zero-order chi connectivity index (χ0) is 14.1. The van der Waals surface area contributed by atoms with E-state index in [4.69, 9.17) is 16.3 Å². The van der Waals surface area contributed by atoms with Gasteiger partial charge in [0.05, 0.1) is 5.02 Å². The molecule has 106 valence electrons. The van der Waals surface area contributed by atoms with Crippen molar-refractivity contribution in [1.29, 1.82) is 0 Å². The third-order valence-corrected chi connectivity index (χ3v) is 2.91. The van der Waals surface area contributed by atoms with Gasteiger partial charge in [0.1, 0.15) is 5.75 Å². The van der Waals surface area contributed by atoms with Gasteiger partial charge in [0.2, 0.25) is 0 Å². The summed E-state index contributed by atoms with van der Waals surface area (Å²) in [5.41, 5.74) is 0.941. The third-order valence-electron chi connectivity index (χ3n) is 2.62. The number of para-hydroxylation sites is 1. The molecule has 19 heavy (non-hydrogen) atoms. The Kier molecular flexibility index (Phi) is 7.30. The van der Waals surface area contributed by atoms with E-state index < -0.39 is 0 Å². The molecule has 0 radical (unpaired) electrons. The SMILES string of the molecule is CCCCNC(=O)COc1c(Cl)cccc1CNC. The van der Waals surface area contributed by atoms with E-state index in [2.05, 4.69) is 17.6 Å². The predicted octanol–water partition coefficient (Wildman–Crippen LogP) is 2.35. The van der Waals surface area contributed by atoms with Gasteiger partial charge in [-0.1, -0.05) is 37.1 Å². The van der Waals surface area contributed by atoms with Gasteiger partial charge in [-0.15, -0.1) is 0 Å². The first-order valence-corrected chi connectivity index (χ1v) is 6.88. The summed E-state index contributed by atoms with van der Waals surface area (Å²) in [5.74, 6) is 0.452. The quantitative estimate of drug-likeness (QED) is 0.721. The van der Waals surface area contributed by atoms with E-state index in [1.807, 2.05) is 19.2 Å². The van der Waals surface area contributed by atoms with Gasteiger partial charge in [0.15, 0.2) is 6.61 Å². The van der Waals surface area contributed by atoms with Crippen LogP contribution >= 0.6 is 11.6 Å². The Balaban J connectivity index is 2.54. The second-order valence-corrected chi connectivity index (χ2v) is 4.66. The molecule has 0 spiro atoms. The fourth-order valence-electron chi connectivity index (χ4n) is 1.64. The Morgan fingerprint density at radius 2 is 2.21 bits per heavy atom. The van der Waals surface area contributed by atoms with Crippen molar-refractivity contribution < 1.29 is 9.53 Å². The number of carbonyl (C=O) groups excluding carboxylic acids is 1. The topological polar surface area (TPSA) is 50.4 Å². The van der Waals surface area contributed by atoms with Crippen LogP contribution in [0.25, 0.3) is 0 Å². The smallest absolute Gasteiger partial charge is 0.257 e. The molecule has 0 saturated carbocycles. The van der Waals surface area contributed by atoms with E-state index in [1.54, 1.807) is 6.07 Å². The molecule has 5 heteroatoms. The summed E-state index contributed by atoms with van der Waals surface area (Å²) in [6.07, 6.45) is 2.03. The van der Waals surface area contributed by atoms with Gasteiger partial charge in [-0.05, 0) is 19.5 Å². The maximum atomic E-state index is 11.6. The number of carbonyl (C=O) groups is 1. The van der Waals surface area contributed by atoms with Crippen molar-refractivity contribution in [2.24, 2.45) is 0 Å². The van der Waals surface area contributed by atoms with Crippen molar-refractivity contribution in [2.75, 3.05) is 20.2 Å². The molecule has 0 aliphatic rings. The van der Waals surface area contributed by atoms with Crippen LogP contribution < -0.4 is 15.4 Å². The number of amides is 1. The molecule has 1 amide bonds. The molecule has 0 heterocycles. The Hall–Kier alpha value is -1.26. The van der Waals surface area contributed by atoms with E-state index in [0.29, 0.717) is 23.9 Å². The predicted molar refractivity (Wildman–Crippen MR) is 77.6 cm³/mol. The minimum absolute atomic E-state index is 0.00976. The van der Waals surface area contributed by atoms with Crippen LogP contribution in [0.3, 0.4) is 0 Å². The highest BCUT2D eigenvalue weighted by Gasteiger charge is 2.10. The number of unbranched alkanes of at least 4 members (excludes halogenated alkanes) is 1. The lowest BCUT2D eigenvalue weighted by Crippen LogP contribution is -2.29. The number of hydrogen-bond acceptors (Lipinski definition) is 3. The van der Waals surface area contributed by atoms with E-state index in [-0.39, 0.29) is 12.5 Å². The van der Waals surface area contributed by atoms with Crippen LogP contribution in [0.5, 0.6) is 5.75 Å². The van der Waals surface area contributed by atoms with Gasteiger partial charge in [-0.3, -0.25) is 4.79 Å². The van der Waals surface area contributed by atoms with Crippen molar-refractivity contribution in [3.8, 4) is 5.75 Å². The number of rotatable bonds is 8. The average Bonchev–Trinajstić information content (AvgIpc) is 2.39. The zero-order valence-electron chi connectivity index (χ0n) is 11.5. The van der Waals surface area contributed by atoms with Crippen molar-refractivity contribution in [1.82, 2.24) is 10.6 Å². The Morgan fingerprint density at radius 3 is 2.89 bits per heavy atom. The number of halogens is 1. The average molecular weight is 285 g/mol. The number of ether oxygens (including phenoxy) is 1. The molecular weight excluding hydrogens is 264 g/mol. The highest BCUT2D eigenvalue weighted by atomic mass is 35.5. The number of benzene rings is 1. The Labute approximate surface area is 119 Å². The van der Waals surface area contributed by atoms with Crippen LogP contribution in [-0.2, 0) is 11.3 Å². The summed E-state index contributed by atoms with van der Waals surface area (Å²) < 4.78 is 5.53. The van der Waals surface area contributed by atoms with Crippen LogP contribution in [0.1, 0.15) is 25.3 Å². The van der Waals surface area contributed by atoms with Crippen molar-refractivity contribution in [3.63, 3.8) is 0 Å². The fraction of sp³-hybridized carbons (Fsp3) is 0.500. The molecule has 0 bridgehead atoms. The molecular formula is C14H21ClN2O2. The van der Waals surface area contributed by atoms with Crippen molar-refractivity contribution >= 4 is 17.5 Å². The maximum absolute atomic E-state index is 11.6. The normalized spacial score (nSPS) is 10.3. The molecule has 0 unspecified atom stereocenters. The maximum Gasteiger partial charge on any atom is 0.257 e. The summed E-state index contributed by atoms with van der Waals surface area (Å²) >= 11 is 6.09. The Bertz CT molecular complexity index is 410. The molecule has 0 aliphatic carbocycles. The van der Waals surface area contributed by atoms with Gasteiger partial charge in [-0.25, -0.2) is 0 Å². The van der Waals surface area contributed by atoms with Crippen molar-refractivity contribution in [2.45, 2.75) is 26.3 Å². The van der Waals surface area contributed by atoms with Crippen LogP contribution in [0, 0.1) is 0 Å². The molecule has 1 rings (SSSR count). The van der Waals surface area contributed by atoms with E-state index >= 15 is 0 Å². The molecule has 1 aromatic carbocycles. The first-order valence-electron chi connectivity index (χ1n) is 6.50. The highest BCUT2D eigenvalue weighted by Crippen LogP contribution is 2.28. The van der Waals surface area contributed by atoms with Crippen molar-refractivity contribution in [3.05, 3.63) is 28.8 Å². The fourth-order valence-corrected chi connectivity index (χ4v) is 1.89. The second kappa shape index (κ2) is 8.77. The summed E-state index contributed by atoms with van der Waals surface area (Å²) in [6, 6.07) is 5.54. The van der Waals surface area contributed by atoms with E-state index in [0.717, 1.165) is 18.4 Å².